The zero-order valence-corrected chi connectivity index (χ0v) is 17.9. The van der Waals surface area contributed by atoms with Gasteiger partial charge in [-0.3, -0.25) is 14.5 Å². The standard InChI is InChI=1S/C24H30N2O4/c1-17-13-25(24(29)12-19-6-10-22(30-3)11-7-19)14-18(2)26(17)15-20-4-8-21(9-5-20)23(28)16-27/h4-11,17-18,27H,12-16H2,1-3H3/t17-,18+. The van der Waals surface area contributed by atoms with Crippen LogP contribution >= 0.6 is 0 Å². The van der Waals surface area contributed by atoms with Crippen molar-refractivity contribution in [1.29, 1.82) is 0 Å². The number of hydrogen-bond donors (Lipinski definition) is 1. The number of methoxy groups -OCH3 is 1. The van der Waals surface area contributed by atoms with Crippen LogP contribution in [0.25, 0.3) is 0 Å². The summed E-state index contributed by atoms with van der Waals surface area (Å²) in [6.07, 6.45) is 0.393. The minimum atomic E-state index is -0.472. The van der Waals surface area contributed by atoms with Gasteiger partial charge in [0.15, 0.2) is 5.78 Å². The van der Waals surface area contributed by atoms with E-state index in [2.05, 4.69) is 18.7 Å². The molecule has 0 aromatic heterocycles. The van der Waals surface area contributed by atoms with Crippen molar-refractivity contribution in [2.75, 3.05) is 26.8 Å². The number of rotatable bonds is 7. The van der Waals surface area contributed by atoms with Gasteiger partial charge in [-0.15, -0.1) is 0 Å². The number of carbonyl (C=O) groups excluding carboxylic acids is 2. The maximum atomic E-state index is 12.8. The summed E-state index contributed by atoms with van der Waals surface area (Å²) in [5.74, 6) is 0.661. The third kappa shape index (κ3) is 5.26. The molecule has 0 saturated carbocycles. The zero-order chi connectivity index (χ0) is 21.7. The van der Waals surface area contributed by atoms with Crippen LogP contribution in [-0.2, 0) is 17.8 Å². The van der Waals surface area contributed by atoms with Gasteiger partial charge in [-0.05, 0) is 37.1 Å². The fourth-order valence-corrected chi connectivity index (χ4v) is 4.00. The number of carbonyl (C=O) groups is 2. The molecule has 30 heavy (non-hydrogen) atoms. The van der Waals surface area contributed by atoms with E-state index in [4.69, 9.17) is 9.84 Å². The van der Waals surface area contributed by atoms with Crippen molar-refractivity contribution in [3.8, 4) is 5.75 Å². The van der Waals surface area contributed by atoms with Crippen molar-refractivity contribution < 1.29 is 19.4 Å². The van der Waals surface area contributed by atoms with E-state index in [9.17, 15) is 9.59 Å². The van der Waals surface area contributed by atoms with E-state index >= 15 is 0 Å². The van der Waals surface area contributed by atoms with E-state index in [0.29, 0.717) is 25.1 Å². The highest BCUT2D eigenvalue weighted by Crippen LogP contribution is 2.21. The summed E-state index contributed by atoms with van der Waals surface area (Å²) in [6.45, 7) is 5.97. The number of ketones is 1. The van der Waals surface area contributed by atoms with Gasteiger partial charge >= 0.3 is 0 Å². The van der Waals surface area contributed by atoms with E-state index in [0.717, 1.165) is 23.4 Å². The van der Waals surface area contributed by atoms with Crippen LogP contribution in [-0.4, -0.2) is 65.5 Å². The molecule has 160 valence electrons. The highest BCUT2D eigenvalue weighted by atomic mass is 16.5. The molecule has 0 unspecified atom stereocenters. The van der Waals surface area contributed by atoms with Crippen LogP contribution in [0.2, 0.25) is 0 Å². The molecule has 2 atom stereocenters. The van der Waals surface area contributed by atoms with Crippen molar-refractivity contribution in [1.82, 2.24) is 9.80 Å². The molecule has 1 heterocycles. The minimum absolute atomic E-state index is 0.144. The van der Waals surface area contributed by atoms with Crippen molar-refractivity contribution in [3.05, 3.63) is 65.2 Å². The van der Waals surface area contributed by atoms with Gasteiger partial charge in [0.05, 0.1) is 13.5 Å². The molecule has 3 rings (SSSR count). The Bertz CT molecular complexity index is 852. The van der Waals surface area contributed by atoms with Crippen LogP contribution in [0.4, 0.5) is 0 Å². The van der Waals surface area contributed by atoms with Crippen molar-refractivity contribution in [2.24, 2.45) is 0 Å². The lowest BCUT2D eigenvalue weighted by Crippen LogP contribution is -2.57. The van der Waals surface area contributed by atoms with Crippen molar-refractivity contribution in [2.45, 2.75) is 38.9 Å². The molecule has 1 fully saturated rings. The molecular formula is C24H30N2O4. The molecule has 1 aliphatic rings. The second-order valence-electron chi connectivity index (χ2n) is 7.97. The number of aliphatic hydroxyl groups is 1. The predicted octanol–water partition coefficient (Wildman–Crippen LogP) is 2.53. The Labute approximate surface area is 178 Å². The fourth-order valence-electron chi connectivity index (χ4n) is 4.00. The van der Waals surface area contributed by atoms with Gasteiger partial charge in [-0.1, -0.05) is 36.4 Å². The molecule has 0 radical (unpaired) electrons. The molecule has 6 heteroatoms. The van der Waals surface area contributed by atoms with Crippen LogP contribution in [0.15, 0.2) is 48.5 Å². The molecule has 1 aliphatic heterocycles. The summed E-state index contributed by atoms with van der Waals surface area (Å²) in [5.41, 5.74) is 2.62. The van der Waals surface area contributed by atoms with Gasteiger partial charge in [0, 0.05) is 37.3 Å². The molecule has 1 N–H and O–H groups in total. The molecule has 0 bridgehead atoms. The quantitative estimate of drug-likeness (QED) is 0.711. The second-order valence-corrected chi connectivity index (χ2v) is 7.97. The zero-order valence-electron chi connectivity index (χ0n) is 17.9. The van der Waals surface area contributed by atoms with E-state index in [-0.39, 0.29) is 23.8 Å². The summed E-state index contributed by atoms with van der Waals surface area (Å²) in [4.78, 5) is 28.8. The van der Waals surface area contributed by atoms with Crippen molar-refractivity contribution in [3.63, 3.8) is 0 Å². The first-order valence-corrected chi connectivity index (χ1v) is 10.3. The molecule has 6 nitrogen and oxygen atoms in total. The summed E-state index contributed by atoms with van der Waals surface area (Å²) in [5, 5.41) is 8.98. The van der Waals surface area contributed by atoms with Gasteiger partial charge in [0.1, 0.15) is 12.4 Å². The lowest BCUT2D eigenvalue weighted by atomic mass is 10.0. The average molecular weight is 411 g/mol. The highest BCUT2D eigenvalue weighted by Gasteiger charge is 2.31. The number of hydrogen-bond acceptors (Lipinski definition) is 5. The van der Waals surface area contributed by atoms with E-state index < -0.39 is 6.61 Å². The van der Waals surface area contributed by atoms with Gasteiger partial charge in [-0.25, -0.2) is 0 Å². The maximum absolute atomic E-state index is 12.8. The summed E-state index contributed by atoms with van der Waals surface area (Å²) in [7, 11) is 1.63. The Morgan fingerprint density at radius 2 is 1.53 bits per heavy atom. The lowest BCUT2D eigenvalue weighted by molar-refractivity contribution is -0.135. The number of benzene rings is 2. The van der Waals surface area contributed by atoms with Crippen LogP contribution in [0.3, 0.4) is 0 Å². The van der Waals surface area contributed by atoms with Gasteiger partial charge < -0.3 is 14.7 Å². The van der Waals surface area contributed by atoms with Crippen LogP contribution in [0.5, 0.6) is 5.75 Å². The highest BCUT2D eigenvalue weighted by molar-refractivity contribution is 5.96. The van der Waals surface area contributed by atoms with Crippen LogP contribution < -0.4 is 4.74 Å². The van der Waals surface area contributed by atoms with E-state index in [1.54, 1.807) is 19.2 Å². The van der Waals surface area contributed by atoms with E-state index in [1.807, 2.05) is 41.3 Å². The summed E-state index contributed by atoms with van der Waals surface area (Å²) >= 11 is 0. The summed E-state index contributed by atoms with van der Waals surface area (Å²) < 4.78 is 5.17. The number of nitrogens with zero attached hydrogens (tertiary/aromatic N) is 2. The third-order valence-electron chi connectivity index (χ3n) is 5.75. The Balaban J connectivity index is 1.58. The number of Topliss-reactive ketones (excluding diaryl/α,β-unsaturated/α-hetero) is 1. The van der Waals surface area contributed by atoms with Gasteiger partial charge in [0.25, 0.3) is 0 Å². The Morgan fingerprint density at radius 3 is 2.07 bits per heavy atom. The van der Waals surface area contributed by atoms with Crippen molar-refractivity contribution >= 4 is 11.7 Å². The monoisotopic (exact) mass is 410 g/mol. The molecule has 0 aliphatic carbocycles. The topological polar surface area (TPSA) is 70.1 Å². The van der Waals surface area contributed by atoms with Crippen LogP contribution in [0, 0.1) is 0 Å². The third-order valence-corrected chi connectivity index (χ3v) is 5.75. The Morgan fingerprint density at radius 1 is 0.967 bits per heavy atom. The number of aliphatic hydroxyl groups excluding tert-OH is 1. The predicted molar refractivity (Wildman–Crippen MR) is 116 cm³/mol. The number of ether oxygens (including phenoxy) is 1. The minimum Gasteiger partial charge on any atom is -0.497 e. The molecule has 0 spiro atoms. The first kappa shape index (κ1) is 22.0. The lowest BCUT2D eigenvalue weighted by Gasteiger charge is -2.44. The van der Waals surface area contributed by atoms with E-state index in [1.165, 1.54) is 0 Å². The summed E-state index contributed by atoms with van der Waals surface area (Å²) in [6, 6.07) is 15.5. The normalized spacial score (nSPS) is 19.5. The maximum Gasteiger partial charge on any atom is 0.227 e. The fraction of sp³-hybridized carbons (Fsp3) is 0.417. The van der Waals surface area contributed by atoms with Gasteiger partial charge in [-0.2, -0.15) is 0 Å². The number of amides is 1. The molecular weight excluding hydrogens is 380 g/mol. The second kappa shape index (κ2) is 9.87. The molecule has 2 aromatic rings. The first-order valence-electron chi connectivity index (χ1n) is 10.3. The Hall–Kier alpha value is -2.70. The van der Waals surface area contributed by atoms with Crippen LogP contribution in [0.1, 0.15) is 35.3 Å². The SMILES string of the molecule is COc1ccc(CC(=O)N2C[C@@H](C)N(Cc3ccc(C(=O)CO)cc3)[C@@H](C)C2)cc1. The van der Waals surface area contributed by atoms with Gasteiger partial charge in [0.2, 0.25) is 5.91 Å². The number of piperazine rings is 1. The Kier molecular flexibility index (Phi) is 7.24. The molecule has 2 aromatic carbocycles. The smallest absolute Gasteiger partial charge is 0.227 e. The first-order chi connectivity index (χ1) is 14.4. The molecule has 1 amide bonds. The average Bonchev–Trinajstić information content (AvgIpc) is 2.76. The molecule has 1 saturated heterocycles. The largest absolute Gasteiger partial charge is 0.497 e.